The van der Waals surface area contributed by atoms with Crippen molar-refractivity contribution in [1.82, 2.24) is 0 Å². The van der Waals surface area contributed by atoms with Crippen molar-refractivity contribution in [1.29, 1.82) is 0 Å². The van der Waals surface area contributed by atoms with Crippen molar-refractivity contribution in [2.45, 2.75) is 19.4 Å². The highest BCUT2D eigenvalue weighted by Crippen LogP contribution is 1.88. The highest BCUT2D eigenvalue weighted by atomic mass is 32.1. The van der Waals surface area contributed by atoms with Crippen molar-refractivity contribution in [2.75, 3.05) is 5.75 Å². The van der Waals surface area contributed by atoms with Gasteiger partial charge in [-0.1, -0.05) is 0 Å². The summed E-state index contributed by atoms with van der Waals surface area (Å²) in [5.41, 5.74) is 0. The van der Waals surface area contributed by atoms with Gasteiger partial charge in [-0.15, -0.1) is 0 Å². The lowest BCUT2D eigenvalue weighted by Gasteiger charge is -1.95. The first-order valence-corrected chi connectivity index (χ1v) is 2.69. The molecule has 0 fully saturated rings. The smallest absolute Gasteiger partial charge is 0.0519 e. The Labute approximate surface area is 43.8 Å². The topological polar surface area (TPSA) is 20.2 Å². The highest BCUT2D eigenvalue weighted by Gasteiger charge is 1.87. The summed E-state index contributed by atoms with van der Waals surface area (Å²) in [7, 11) is 0. The number of aliphatic hydroxyl groups is 1. The van der Waals surface area contributed by atoms with Crippen molar-refractivity contribution in [2.24, 2.45) is 0 Å². The van der Waals surface area contributed by atoms with E-state index in [0.717, 1.165) is 12.2 Å². The van der Waals surface area contributed by atoms with E-state index in [2.05, 4.69) is 12.6 Å². The Morgan fingerprint density at radius 3 is 2.33 bits per heavy atom. The van der Waals surface area contributed by atoms with E-state index < -0.39 is 0 Å². The van der Waals surface area contributed by atoms with Crippen molar-refractivity contribution in [3.05, 3.63) is 0 Å². The highest BCUT2D eigenvalue weighted by molar-refractivity contribution is 7.80. The molecule has 0 aliphatic heterocycles. The fourth-order valence-corrected chi connectivity index (χ4v) is 0.561. The van der Waals surface area contributed by atoms with E-state index in [0.29, 0.717) is 0 Å². The van der Waals surface area contributed by atoms with Crippen LogP contribution in [0.4, 0.5) is 0 Å². The molecule has 0 aliphatic rings. The molecule has 0 aromatic carbocycles. The molecule has 0 saturated carbocycles. The largest absolute Gasteiger partial charge is 0.393 e. The summed E-state index contributed by atoms with van der Waals surface area (Å²) in [4.78, 5) is 0. The summed E-state index contributed by atoms with van der Waals surface area (Å²) in [6, 6.07) is 0. The number of hydrogen-bond acceptors (Lipinski definition) is 2. The number of thiol groups is 1. The molecule has 0 rings (SSSR count). The minimum absolute atomic E-state index is 0.178. The van der Waals surface area contributed by atoms with Gasteiger partial charge >= 0.3 is 0 Å². The summed E-state index contributed by atoms with van der Waals surface area (Å²) in [5.74, 6) is 0.775. The Morgan fingerprint density at radius 2 is 2.33 bits per heavy atom. The minimum Gasteiger partial charge on any atom is -0.393 e. The third kappa shape index (κ3) is 4.31. The third-order valence-electron chi connectivity index (χ3n) is 0.547. The summed E-state index contributed by atoms with van der Waals surface area (Å²) in [6.07, 6.45) is 0.617. The minimum atomic E-state index is -0.178. The zero-order chi connectivity index (χ0) is 4.99. The Bertz CT molecular complexity index is 28.7. The molecule has 1 nitrogen and oxygen atoms in total. The number of rotatable bonds is 2. The van der Waals surface area contributed by atoms with E-state index in [1.165, 1.54) is 0 Å². The van der Waals surface area contributed by atoms with Crippen LogP contribution in [0.25, 0.3) is 0 Å². The maximum Gasteiger partial charge on any atom is 0.0519 e. The first kappa shape index (κ1) is 6.31. The van der Waals surface area contributed by atoms with E-state index in [4.69, 9.17) is 5.11 Å². The molecule has 2 heteroatoms. The van der Waals surface area contributed by atoms with E-state index in [1.54, 1.807) is 6.92 Å². The molecule has 1 N–H and O–H groups in total. The Hall–Kier alpha value is 0.310. The van der Waals surface area contributed by atoms with Crippen molar-refractivity contribution in [3.8, 4) is 0 Å². The van der Waals surface area contributed by atoms with Gasteiger partial charge in [-0.3, -0.25) is 0 Å². The SMILES string of the molecule is C[C@@H](O)CCS. The van der Waals surface area contributed by atoms with Crippen molar-refractivity contribution in [3.63, 3.8) is 0 Å². The van der Waals surface area contributed by atoms with E-state index in [9.17, 15) is 0 Å². The predicted molar refractivity (Wildman–Crippen MR) is 30.2 cm³/mol. The molecule has 0 saturated heterocycles. The van der Waals surface area contributed by atoms with Crippen LogP contribution in [0.3, 0.4) is 0 Å². The van der Waals surface area contributed by atoms with Gasteiger partial charge in [0.25, 0.3) is 0 Å². The number of hydrogen-bond donors (Lipinski definition) is 2. The average molecular weight is 106 g/mol. The Kier molecular flexibility index (Phi) is 3.68. The van der Waals surface area contributed by atoms with Gasteiger partial charge in [-0.2, -0.15) is 12.6 Å². The van der Waals surface area contributed by atoms with E-state index in [-0.39, 0.29) is 6.10 Å². The molecule has 1 atom stereocenters. The van der Waals surface area contributed by atoms with Gasteiger partial charge < -0.3 is 5.11 Å². The Morgan fingerprint density at radius 1 is 1.83 bits per heavy atom. The van der Waals surface area contributed by atoms with Crippen molar-refractivity contribution >= 4 is 12.6 Å². The molecule has 0 bridgehead atoms. The van der Waals surface area contributed by atoms with Crippen LogP contribution in [-0.4, -0.2) is 17.0 Å². The van der Waals surface area contributed by atoms with Crippen LogP contribution in [0.15, 0.2) is 0 Å². The van der Waals surface area contributed by atoms with Crippen LogP contribution in [0.1, 0.15) is 13.3 Å². The zero-order valence-corrected chi connectivity index (χ0v) is 4.78. The van der Waals surface area contributed by atoms with E-state index >= 15 is 0 Å². The maximum absolute atomic E-state index is 8.50. The molecule has 0 unspecified atom stereocenters. The summed E-state index contributed by atoms with van der Waals surface area (Å²) in [5, 5.41) is 8.50. The molecule has 0 heterocycles. The molecular weight excluding hydrogens is 96.1 g/mol. The predicted octanol–water partition coefficient (Wildman–Crippen LogP) is 0.687. The number of aliphatic hydroxyl groups excluding tert-OH is 1. The summed E-state index contributed by atoms with van der Waals surface area (Å²) in [6.45, 7) is 1.76. The van der Waals surface area contributed by atoms with Gasteiger partial charge in [0.1, 0.15) is 0 Å². The fourth-order valence-electron chi connectivity index (χ4n) is 0.187. The molecule has 0 aromatic rings. The molecule has 0 aliphatic carbocycles. The third-order valence-corrected chi connectivity index (χ3v) is 0.805. The lowest BCUT2D eigenvalue weighted by Crippen LogP contribution is -1.98. The molecule has 38 valence electrons. The first-order valence-electron chi connectivity index (χ1n) is 2.06. The standard InChI is InChI=1S/C4H10OS/c1-4(5)2-3-6/h4-6H,2-3H2,1H3/t4-/m1/s1. The van der Waals surface area contributed by atoms with Gasteiger partial charge in [0.15, 0.2) is 0 Å². The molecule has 6 heavy (non-hydrogen) atoms. The molecule has 0 radical (unpaired) electrons. The normalized spacial score (nSPS) is 14.5. The zero-order valence-electron chi connectivity index (χ0n) is 3.89. The van der Waals surface area contributed by atoms with Gasteiger partial charge in [-0.25, -0.2) is 0 Å². The summed E-state index contributed by atoms with van der Waals surface area (Å²) >= 11 is 3.90. The van der Waals surface area contributed by atoms with Crippen LogP contribution in [0, 0.1) is 0 Å². The van der Waals surface area contributed by atoms with Crippen LogP contribution in [0.2, 0.25) is 0 Å². The molecule has 0 aromatic heterocycles. The fraction of sp³-hybridized carbons (Fsp3) is 1.00. The van der Waals surface area contributed by atoms with Gasteiger partial charge in [0.2, 0.25) is 0 Å². The second kappa shape index (κ2) is 3.50. The van der Waals surface area contributed by atoms with Gasteiger partial charge in [-0.05, 0) is 19.1 Å². The lowest BCUT2D eigenvalue weighted by molar-refractivity contribution is 0.192. The Balaban J connectivity index is 2.63. The molecular formula is C4H10OS. The van der Waals surface area contributed by atoms with E-state index in [1.807, 2.05) is 0 Å². The van der Waals surface area contributed by atoms with Crippen molar-refractivity contribution < 1.29 is 5.11 Å². The van der Waals surface area contributed by atoms with Gasteiger partial charge in [0.05, 0.1) is 6.10 Å². The molecule has 0 spiro atoms. The quantitative estimate of drug-likeness (QED) is 0.496. The van der Waals surface area contributed by atoms with Crippen LogP contribution < -0.4 is 0 Å². The van der Waals surface area contributed by atoms with Crippen LogP contribution in [0.5, 0.6) is 0 Å². The summed E-state index contributed by atoms with van der Waals surface area (Å²) < 4.78 is 0. The maximum atomic E-state index is 8.50. The second-order valence-corrected chi connectivity index (χ2v) is 1.81. The molecule has 0 amide bonds. The van der Waals surface area contributed by atoms with Gasteiger partial charge in [0, 0.05) is 0 Å². The van der Waals surface area contributed by atoms with Crippen LogP contribution in [-0.2, 0) is 0 Å². The monoisotopic (exact) mass is 106 g/mol. The lowest BCUT2D eigenvalue weighted by atomic mass is 10.3. The average Bonchev–Trinajstić information content (AvgIpc) is 1.35. The second-order valence-electron chi connectivity index (χ2n) is 1.36. The first-order chi connectivity index (χ1) is 2.77. The van der Waals surface area contributed by atoms with Crippen LogP contribution >= 0.6 is 12.6 Å².